The zero-order valence-corrected chi connectivity index (χ0v) is 13.9. The van der Waals surface area contributed by atoms with Crippen LogP contribution in [0.15, 0.2) is 67.3 Å². The van der Waals surface area contributed by atoms with Gasteiger partial charge in [0, 0.05) is 28.5 Å². The Morgan fingerprint density at radius 2 is 1.72 bits per heavy atom. The second-order valence-electron chi connectivity index (χ2n) is 5.87. The van der Waals surface area contributed by atoms with Gasteiger partial charge in [0.2, 0.25) is 0 Å². The third kappa shape index (κ3) is 2.49. The molecule has 0 bridgehead atoms. The molecule has 124 valence electrons. The number of hydrogen-bond acceptors (Lipinski definition) is 4. The van der Waals surface area contributed by atoms with Gasteiger partial charge in [-0.1, -0.05) is 41.9 Å². The Bertz CT molecular complexity index is 931. The fourth-order valence-corrected chi connectivity index (χ4v) is 3.26. The van der Waals surface area contributed by atoms with Gasteiger partial charge in [-0.15, -0.1) is 0 Å². The minimum atomic E-state index is -1.79. The number of carbonyl (C=O) groups excluding carboxylic acids is 1. The van der Waals surface area contributed by atoms with Crippen LogP contribution >= 0.6 is 11.6 Å². The number of benzene rings is 2. The molecule has 1 unspecified atom stereocenters. The lowest BCUT2D eigenvalue weighted by Gasteiger charge is -2.23. The number of nitrogens with zero attached hydrogens (tertiary/aromatic N) is 3. The Balaban J connectivity index is 1.80. The van der Waals surface area contributed by atoms with E-state index in [1.807, 2.05) is 24.3 Å². The molecule has 0 saturated carbocycles. The fourth-order valence-electron chi connectivity index (χ4n) is 3.13. The van der Waals surface area contributed by atoms with Crippen LogP contribution in [0.5, 0.6) is 0 Å². The lowest BCUT2D eigenvalue weighted by molar-refractivity contribution is -0.132. The maximum Gasteiger partial charge on any atom is 0.268 e. The standard InChI is InChI=1S/C19H14ClN3O2/c20-15-7-5-13(6-8-15)11-23-17-4-2-1-3-16(17)19(25,18(23)24)14-9-21-12-22-10-14/h1-10,12,25H,11H2. The van der Waals surface area contributed by atoms with Gasteiger partial charge < -0.3 is 10.0 Å². The first-order valence-corrected chi connectivity index (χ1v) is 8.12. The van der Waals surface area contributed by atoms with E-state index in [-0.39, 0.29) is 0 Å². The minimum absolute atomic E-state index is 0.336. The van der Waals surface area contributed by atoms with Crippen molar-refractivity contribution in [3.63, 3.8) is 0 Å². The Morgan fingerprint density at radius 3 is 2.44 bits per heavy atom. The largest absolute Gasteiger partial charge is 0.372 e. The van der Waals surface area contributed by atoms with Crippen LogP contribution in [-0.4, -0.2) is 21.0 Å². The second-order valence-corrected chi connectivity index (χ2v) is 6.31. The number of aromatic nitrogens is 2. The number of anilines is 1. The van der Waals surface area contributed by atoms with E-state index in [1.54, 1.807) is 29.2 Å². The molecular weight excluding hydrogens is 338 g/mol. The minimum Gasteiger partial charge on any atom is -0.372 e. The van der Waals surface area contributed by atoms with Gasteiger partial charge in [0.05, 0.1) is 12.2 Å². The van der Waals surface area contributed by atoms with Gasteiger partial charge in [0.25, 0.3) is 5.91 Å². The summed E-state index contributed by atoms with van der Waals surface area (Å²) in [6.07, 6.45) is 4.30. The van der Waals surface area contributed by atoms with Crippen LogP contribution < -0.4 is 4.90 Å². The second kappa shape index (κ2) is 5.95. The molecule has 1 atom stereocenters. The highest BCUT2D eigenvalue weighted by Crippen LogP contribution is 2.44. The predicted octanol–water partition coefficient (Wildman–Crippen LogP) is 2.91. The van der Waals surface area contributed by atoms with E-state index in [1.165, 1.54) is 18.7 Å². The fraction of sp³-hybridized carbons (Fsp3) is 0.105. The number of carbonyl (C=O) groups is 1. The average molecular weight is 352 g/mol. The van der Waals surface area contributed by atoms with Crippen molar-refractivity contribution in [1.29, 1.82) is 0 Å². The lowest BCUT2D eigenvalue weighted by Crippen LogP contribution is -2.41. The van der Waals surface area contributed by atoms with Gasteiger partial charge >= 0.3 is 0 Å². The summed E-state index contributed by atoms with van der Waals surface area (Å²) in [6, 6.07) is 14.5. The van der Waals surface area contributed by atoms with Gasteiger partial charge in [-0.25, -0.2) is 9.97 Å². The van der Waals surface area contributed by atoms with Crippen molar-refractivity contribution >= 4 is 23.2 Å². The first-order valence-electron chi connectivity index (χ1n) is 7.74. The number of hydrogen-bond donors (Lipinski definition) is 1. The number of para-hydroxylation sites is 1. The van der Waals surface area contributed by atoms with Crippen molar-refractivity contribution < 1.29 is 9.90 Å². The van der Waals surface area contributed by atoms with Gasteiger partial charge in [0.1, 0.15) is 6.33 Å². The molecule has 0 saturated heterocycles. The van der Waals surface area contributed by atoms with Crippen LogP contribution in [0.4, 0.5) is 5.69 Å². The van der Waals surface area contributed by atoms with Crippen LogP contribution in [0.1, 0.15) is 16.7 Å². The van der Waals surface area contributed by atoms with Crippen molar-refractivity contribution in [2.75, 3.05) is 4.90 Å². The molecule has 4 rings (SSSR count). The summed E-state index contributed by atoms with van der Waals surface area (Å²) >= 11 is 5.93. The number of halogens is 1. The van der Waals surface area contributed by atoms with Crippen LogP contribution in [0.2, 0.25) is 5.02 Å². The average Bonchev–Trinajstić information content (AvgIpc) is 2.87. The summed E-state index contributed by atoms with van der Waals surface area (Å²) in [4.78, 5) is 22.6. The maximum atomic E-state index is 13.2. The first-order chi connectivity index (χ1) is 12.1. The molecule has 1 amide bonds. The highest BCUT2D eigenvalue weighted by molar-refractivity contribution is 6.30. The molecule has 0 radical (unpaired) electrons. The van der Waals surface area contributed by atoms with Gasteiger partial charge in [-0.3, -0.25) is 4.79 Å². The summed E-state index contributed by atoms with van der Waals surface area (Å²) in [6.45, 7) is 0.336. The monoisotopic (exact) mass is 351 g/mol. The smallest absolute Gasteiger partial charge is 0.268 e. The van der Waals surface area contributed by atoms with E-state index in [0.717, 1.165) is 5.56 Å². The molecule has 0 fully saturated rings. The highest BCUT2D eigenvalue weighted by atomic mass is 35.5. The third-order valence-corrected chi connectivity index (χ3v) is 4.62. The number of rotatable bonds is 3. The van der Waals surface area contributed by atoms with Crippen LogP contribution in [-0.2, 0) is 16.9 Å². The number of amides is 1. The molecular formula is C19H14ClN3O2. The van der Waals surface area contributed by atoms with E-state index >= 15 is 0 Å². The molecule has 1 aliphatic heterocycles. The van der Waals surface area contributed by atoms with Gasteiger partial charge in [-0.05, 0) is 23.8 Å². The molecule has 0 spiro atoms. The Kier molecular flexibility index (Phi) is 3.75. The van der Waals surface area contributed by atoms with Crippen molar-refractivity contribution in [3.8, 4) is 0 Å². The first kappa shape index (κ1) is 15.7. The van der Waals surface area contributed by atoms with Crippen LogP contribution in [0, 0.1) is 0 Å². The van der Waals surface area contributed by atoms with E-state index in [2.05, 4.69) is 9.97 Å². The Hall–Kier alpha value is -2.76. The Labute approximate surface area is 149 Å². The van der Waals surface area contributed by atoms with Crippen molar-refractivity contribution in [2.45, 2.75) is 12.1 Å². The Morgan fingerprint density at radius 1 is 1.04 bits per heavy atom. The molecule has 1 N–H and O–H groups in total. The predicted molar refractivity (Wildman–Crippen MR) is 94.1 cm³/mol. The van der Waals surface area contributed by atoms with E-state index in [9.17, 15) is 9.90 Å². The molecule has 5 nitrogen and oxygen atoms in total. The maximum absolute atomic E-state index is 13.2. The molecule has 6 heteroatoms. The van der Waals surface area contributed by atoms with Crippen molar-refractivity contribution in [2.24, 2.45) is 0 Å². The lowest BCUT2D eigenvalue weighted by atomic mass is 9.89. The molecule has 2 heterocycles. The molecule has 1 aromatic heterocycles. The zero-order valence-electron chi connectivity index (χ0n) is 13.1. The quantitative estimate of drug-likeness (QED) is 0.788. The van der Waals surface area contributed by atoms with E-state index < -0.39 is 11.5 Å². The molecule has 1 aliphatic rings. The van der Waals surface area contributed by atoms with E-state index in [0.29, 0.717) is 28.4 Å². The topological polar surface area (TPSA) is 66.3 Å². The molecule has 25 heavy (non-hydrogen) atoms. The molecule has 2 aromatic carbocycles. The number of aliphatic hydroxyl groups is 1. The normalized spacial score (nSPS) is 19.1. The summed E-state index contributed by atoms with van der Waals surface area (Å²) in [7, 11) is 0. The van der Waals surface area contributed by atoms with Gasteiger partial charge in [0.15, 0.2) is 5.60 Å². The van der Waals surface area contributed by atoms with Crippen LogP contribution in [0.25, 0.3) is 0 Å². The highest BCUT2D eigenvalue weighted by Gasteiger charge is 2.51. The van der Waals surface area contributed by atoms with Crippen molar-refractivity contribution in [1.82, 2.24) is 9.97 Å². The zero-order chi connectivity index (χ0) is 17.4. The molecule has 3 aromatic rings. The SMILES string of the molecule is O=C1N(Cc2ccc(Cl)cc2)c2ccccc2C1(O)c1cncnc1. The number of fused-ring (bicyclic) bond motifs is 1. The van der Waals surface area contributed by atoms with E-state index in [4.69, 9.17) is 11.6 Å². The summed E-state index contributed by atoms with van der Waals surface area (Å²) in [5, 5.41) is 11.9. The third-order valence-electron chi connectivity index (χ3n) is 4.37. The summed E-state index contributed by atoms with van der Waals surface area (Å²) in [5.41, 5.74) is 0.689. The van der Waals surface area contributed by atoms with Crippen molar-refractivity contribution in [3.05, 3.63) is 89.0 Å². The van der Waals surface area contributed by atoms with Gasteiger partial charge in [-0.2, -0.15) is 0 Å². The summed E-state index contributed by atoms with van der Waals surface area (Å²) in [5.74, 6) is -0.418. The summed E-state index contributed by atoms with van der Waals surface area (Å²) < 4.78 is 0. The molecule has 0 aliphatic carbocycles. The van der Waals surface area contributed by atoms with Crippen LogP contribution in [0.3, 0.4) is 0 Å².